The van der Waals surface area contributed by atoms with Crippen LogP contribution in [-0.2, 0) is 0 Å². The summed E-state index contributed by atoms with van der Waals surface area (Å²) in [6, 6.07) is 6.01. The van der Waals surface area contributed by atoms with Crippen LogP contribution in [-0.4, -0.2) is 35.2 Å². The number of nitrogens with zero attached hydrogens (tertiary/aromatic N) is 3. The Bertz CT molecular complexity index is 774. The molecule has 102 valence electrons. The van der Waals surface area contributed by atoms with Gasteiger partial charge in [-0.2, -0.15) is 0 Å². The van der Waals surface area contributed by atoms with E-state index in [1.54, 1.807) is 13.4 Å². The molecule has 1 aliphatic heterocycles. The van der Waals surface area contributed by atoms with E-state index in [9.17, 15) is 0 Å². The zero-order valence-electron chi connectivity index (χ0n) is 11.4. The Morgan fingerprint density at radius 3 is 2.85 bits per heavy atom. The molecule has 0 atom stereocenters. The van der Waals surface area contributed by atoms with Crippen molar-refractivity contribution in [1.82, 2.24) is 15.0 Å². The highest BCUT2D eigenvalue weighted by Crippen LogP contribution is 2.32. The zero-order chi connectivity index (χ0) is 13.5. The predicted molar refractivity (Wildman–Crippen MR) is 79.4 cm³/mol. The van der Waals surface area contributed by atoms with Gasteiger partial charge >= 0.3 is 0 Å². The van der Waals surface area contributed by atoms with Gasteiger partial charge in [-0.1, -0.05) is 0 Å². The molecule has 4 rings (SSSR count). The smallest absolute Gasteiger partial charge is 0.156 e. The third kappa shape index (κ3) is 1.62. The summed E-state index contributed by atoms with van der Waals surface area (Å²) in [5, 5.41) is 1.09. The molecule has 3 heterocycles. The summed E-state index contributed by atoms with van der Waals surface area (Å²) in [5.74, 6) is 1.86. The lowest BCUT2D eigenvalue weighted by Crippen LogP contribution is -2.19. The van der Waals surface area contributed by atoms with Gasteiger partial charge in [-0.05, 0) is 31.0 Å². The fourth-order valence-corrected chi connectivity index (χ4v) is 2.95. The molecule has 5 heteroatoms. The number of H-pyrrole nitrogens is 1. The van der Waals surface area contributed by atoms with Crippen LogP contribution in [0.15, 0.2) is 24.5 Å². The van der Waals surface area contributed by atoms with E-state index in [4.69, 9.17) is 4.74 Å². The Kier molecular flexibility index (Phi) is 2.52. The number of fused-ring (bicyclic) bond motifs is 3. The first-order valence-corrected chi connectivity index (χ1v) is 6.92. The Morgan fingerprint density at radius 1 is 1.20 bits per heavy atom. The van der Waals surface area contributed by atoms with E-state index in [0.29, 0.717) is 0 Å². The van der Waals surface area contributed by atoms with E-state index in [-0.39, 0.29) is 0 Å². The molecule has 2 aromatic heterocycles. The number of ether oxygens (including phenoxy) is 1. The summed E-state index contributed by atoms with van der Waals surface area (Å²) in [4.78, 5) is 14.7. The monoisotopic (exact) mass is 268 g/mol. The number of methoxy groups -OCH3 is 1. The summed E-state index contributed by atoms with van der Waals surface area (Å²) >= 11 is 0. The molecule has 1 aliphatic rings. The van der Waals surface area contributed by atoms with Crippen molar-refractivity contribution in [2.75, 3.05) is 25.1 Å². The van der Waals surface area contributed by atoms with Crippen LogP contribution in [0.1, 0.15) is 12.8 Å². The van der Waals surface area contributed by atoms with Gasteiger partial charge in [0.2, 0.25) is 0 Å². The Morgan fingerprint density at radius 2 is 2.05 bits per heavy atom. The van der Waals surface area contributed by atoms with Crippen LogP contribution in [0.5, 0.6) is 5.75 Å². The van der Waals surface area contributed by atoms with Crippen LogP contribution < -0.4 is 9.64 Å². The van der Waals surface area contributed by atoms with Gasteiger partial charge in [0.05, 0.1) is 7.11 Å². The fraction of sp³-hybridized carbons (Fsp3) is 0.333. The Hall–Kier alpha value is -2.30. The summed E-state index contributed by atoms with van der Waals surface area (Å²) < 4.78 is 5.30. The zero-order valence-corrected chi connectivity index (χ0v) is 11.4. The molecule has 1 aromatic carbocycles. The van der Waals surface area contributed by atoms with E-state index in [2.05, 4.69) is 19.9 Å². The normalized spacial score (nSPS) is 15.3. The van der Waals surface area contributed by atoms with Crippen molar-refractivity contribution in [2.45, 2.75) is 12.8 Å². The maximum Gasteiger partial charge on any atom is 0.156 e. The lowest BCUT2D eigenvalue weighted by molar-refractivity contribution is 0.415. The minimum Gasteiger partial charge on any atom is -0.497 e. The third-order valence-corrected chi connectivity index (χ3v) is 3.97. The van der Waals surface area contributed by atoms with E-state index >= 15 is 0 Å². The molecule has 1 saturated heterocycles. The SMILES string of the molecule is COc1ccc2[nH]c3c(N4CCCC4)ncnc3c2c1. The van der Waals surface area contributed by atoms with Crippen molar-refractivity contribution in [3.8, 4) is 5.75 Å². The molecular weight excluding hydrogens is 252 g/mol. The molecule has 1 fully saturated rings. The largest absolute Gasteiger partial charge is 0.497 e. The van der Waals surface area contributed by atoms with Gasteiger partial charge in [0.25, 0.3) is 0 Å². The number of aromatic amines is 1. The van der Waals surface area contributed by atoms with E-state index in [1.807, 2.05) is 18.2 Å². The van der Waals surface area contributed by atoms with Crippen LogP contribution in [0.4, 0.5) is 5.82 Å². The van der Waals surface area contributed by atoms with Gasteiger partial charge in [-0.3, -0.25) is 0 Å². The van der Waals surface area contributed by atoms with Gasteiger partial charge in [-0.25, -0.2) is 9.97 Å². The number of aromatic nitrogens is 3. The summed E-state index contributed by atoms with van der Waals surface area (Å²) in [7, 11) is 1.68. The second-order valence-electron chi connectivity index (χ2n) is 5.15. The predicted octanol–water partition coefficient (Wildman–Crippen LogP) is 2.72. The number of hydrogen-bond donors (Lipinski definition) is 1. The topological polar surface area (TPSA) is 54.0 Å². The van der Waals surface area contributed by atoms with Gasteiger partial charge in [0.15, 0.2) is 5.82 Å². The third-order valence-electron chi connectivity index (χ3n) is 3.97. The second-order valence-corrected chi connectivity index (χ2v) is 5.15. The van der Waals surface area contributed by atoms with Crippen LogP contribution >= 0.6 is 0 Å². The number of anilines is 1. The summed E-state index contributed by atoms with van der Waals surface area (Å²) in [6.45, 7) is 2.15. The molecule has 20 heavy (non-hydrogen) atoms. The first-order chi connectivity index (χ1) is 9.86. The Balaban J connectivity index is 1.98. The molecular formula is C15H16N4O. The molecule has 0 unspecified atom stereocenters. The fourth-order valence-electron chi connectivity index (χ4n) is 2.95. The van der Waals surface area contributed by atoms with Crippen LogP contribution in [0.3, 0.4) is 0 Å². The maximum atomic E-state index is 5.30. The van der Waals surface area contributed by atoms with Crippen molar-refractivity contribution in [3.63, 3.8) is 0 Å². The highest BCUT2D eigenvalue weighted by molar-refractivity contribution is 6.08. The van der Waals surface area contributed by atoms with Crippen molar-refractivity contribution >= 4 is 27.8 Å². The number of nitrogens with one attached hydrogen (secondary N) is 1. The highest BCUT2D eigenvalue weighted by atomic mass is 16.5. The molecule has 0 radical (unpaired) electrons. The van der Waals surface area contributed by atoms with Gasteiger partial charge in [0, 0.05) is 24.0 Å². The molecule has 0 saturated carbocycles. The van der Waals surface area contributed by atoms with Crippen LogP contribution in [0, 0.1) is 0 Å². The summed E-state index contributed by atoms with van der Waals surface area (Å²) in [5.41, 5.74) is 3.07. The van der Waals surface area contributed by atoms with Gasteiger partial charge < -0.3 is 14.6 Å². The number of hydrogen-bond acceptors (Lipinski definition) is 4. The second kappa shape index (κ2) is 4.37. The van der Waals surface area contributed by atoms with E-state index in [1.165, 1.54) is 12.8 Å². The lowest BCUT2D eigenvalue weighted by atomic mass is 10.2. The minimum absolute atomic E-state index is 0.847. The highest BCUT2D eigenvalue weighted by Gasteiger charge is 2.19. The van der Waals surface area contributed by atoms with E-state index in [0.717, 1.165) is 46.6 Å². The molecule has 0 spiro atoms. The number of rotatable bonds is 2. The van der Waals surface area contributed by atoms with Gasteiger partial charge in [-0.15, -0.1) is 0 Å². The van der Waals surface area contributed by atoms with Crippen molar-refractivity contribution in [1.29, 1.82) is 0 Å². The molecule has 0 amide bonds. The van der Waals surface area contributed by atoms with Crippen LogP contribution in [0.25, 0.3) is 21.9 Å². The van der Waals surface area contributed by atoms with Gasteiger partial charge in [0.1, 0.15) is 23.1 Å². The van der Waals surface area contributed by atoms with E-state index < -0.39 is 0 Å². The average Bonchev–Trinajstić information content (AvgIpc) is 3.13. The molecule has 3 aromatic rings. The maximum absolute atomic E-state index is 5.30. The molecule has 0 bridgehead atoms. The molecule has 1 N–H and O–H groups in total. The van der Waals surface area contributed by atoms with Crippen LogP contribution in [0.2, 0.25) is 0 Å². The first-order valence-electron chi connectivity index (χ1n) is 6.92. The minimum atomic E-state index is 0.847. The summed E-state index contributed by atoms with van der Waals surface area (Å²) in [6.07, 6.45) is 4.13. The first kappa shape index (κ1) is 11.5. The van der Waals surface area contributed by atoms with Crippen molar-refractivity contribution < 1.29 is 4.74 Å². The van der Waals surface area contributed by atoms with Crippen molar-refractivity contribution in [2.24, 2.45) is 0 Å². The molecule has 0 aliphatic carbocycles. The lowest BCUT2D eigenvalue weighted by Gasteiger charge is -2.16. The quantitative estimate of drug-likeness (QED) is 0.776. The standard InChI is InChI=1S/C15H16N4O/c1-20-10-4-5-12-11(8-10)13-14(18-12)15(17-9-16-13)19-6-2-3-7-19/h4-5,8-9,18H,2-3,6-7H2,1H3. The Labute approximate surface area is 116 Å². The van der Waals surface area contributed by atoms with Crippen molar-refractivity contribution in [3.05, 3.63) is 24.5 Å². The number of benzene rings is 1. The molecule has 5 nitrogen and oxygen atoms in total. The average molecular weight is 268 g/mol.